The molecule has 10 atom stereocenters. The molecule has 43 heavy (non-hydrogen) atoms. The fourth-order valence-corrected chi connectivity index (χ4v) is 4.92. The van der Waals surface area contributed by atoms with Gasteiger partial charge in [-0.25, -0.2) is 0 Å². The number of ether oxygens (including phenoxy) is 4. The summed E-state index contributed by atoms with van der Waals surface area (Å²) in [6.07, 6.45) is -16.3. The van der Waals surface area contributed by atoms with Crippen LogP contribution in [-0.2, 0) is 14.2 Å². The Bertz CT molecular complexity index is 1520. The number of aliphatic hydroxyl groups is 6. The van der Waals surface area contributed by atoms with Crippen LogP contribution in [0.15, 0.2) is 39.5 Å². The molecule has 2 fully saturated rings. The first-order chi connectivity index (χ1) is 20.3. The molecule has 0 spiro atoms. The minimum absolute atomic E-state index is 0.109. The van der Waals surface area contributed by atoms with E-state index >= 15 is 0 Å². The molecule has 16 heteroatoms. The maximum atomic E-state index is 12.9. The van der Waals surface area contributed by atoms with Gasteiger partial charge in [0.05, 0.1) is 12.7 Å². The Kier molecular flexibility index (Phi) is 8.41. The van der Waals surface area contributed by atoms with E-state index < -0.39 is 113 Å². The van der Waals surface area contributed by atoms with Crippen LogP contribution in [0.5, 0.6) is 28.7 Å². The average Bonchev–Trinajstić information content (AvgIpc) is 2.98. The summed E-state index contributed by atoms with van der Waals surface area (Å²) in [4.78, 5) is 12.9. The number of hydrogen-bond acceptors (Lipinski definition) is 16. The lowest BCUT2D eigenvalue weighted by Gasteiger charge is -2.45. The summed E-state index contributed by atoms with van der Waals surface area (Å²) in [6.45, 7) is 0.624. The monoisotopic (exact) mass is 610 g/mol. The Morgan fingerprint density at radius 3 is 2.14 bits per heavy atom. The Morgan fingerprint density at radius 1 is 0.814 bits per heavy atom. The van der Waals surface area contributed by atoms with E-state index in [0.29, 0.717) is 0 Å². The number of hydrogen-bond donors (Lipinski definition) is 10. The summed E-state index contributed by atoms with van der Waals surface area (Å²) in [5.41, 5.74) is -1.56. The number of rotatable bonds is 6. The van der Waals surface area contributed by atoms with Crippen molar-refractivity contribution in [1.82, 2.24) is 0 Å². The normalized spacial score (nSPS) is 33.0. The van der Waals surface area contributed by atoms with Gasteiger partial charge in [-0.1, -0.05) is 0 Å². The van der Waals surface area contributed by atoms with Gasteiger partial charge >= 0.3 is 0 Å². The van der Waals surface area contributed by atoms with Crippen LogP contribution in [0.4, 0.5) is 0 Å². The first kappa shape index (κ1) is 30.7. The fourth-order valence-electron chi connectivity index (χ4n) is 4.92. The van der Waals surface area contributed by atoms with Crippen molar-refractivity contribution in [2.24, 2.45) is 0 Å². The highest BCUT2D eigenvalue weighted by molar-refractivity contribution is 5.93. The molecule has 0 amide bonds. The van der Waals surface area contributed by atoms with Crippen molar-refractivity contribution in [3.63, 3.8) is 0 Å². The molecule has 5 rings (SSSR count). The number of aliphatic hydroxyl groups excluding tert-OH is 6. The van der Waals surface area contributed by atoms with Crippen molar-refractivity contribution in [1.29, 1.82) is 0 Å². The average molecular weight is 611 g/mol. The van der Waals surface area contributed by atoms with Gasteiger partial charge in [0, 0.05) is 11.6 Å². The zero-order chi connectivity index (χ0) is 31.3. The highest BCUT2D eigenvalue weighted by Crippen LogP contribution is 2.43. The number of phenolic OH excluding ortho intramolecular Hbond substituents is 3. The zero-order valence-corrected chi connectivity index (χ0v) is 22.3. The van der Waals surface area contributed by atoms with Crippen LogP contribution < -0.4 is 10.2 Å². The molecule has 0 bridgehead atoms. The van der Waals surface area contributed by atoms with Crippen LogP contribution in [0.1, 0.15) is 6.92 Å². The number of aromatic hydroxyl groups is 4. The van der Waals surface area contributed by atoms with Crippen molar-refractivity contribution >= 4 is 11.0 Å². The molecule has 2 aromatic carbocycles. The van der Waals surface area contributed by atoms with Gasteiger partial charge in [-0.2, -0.15) is 0 Å². The van der Waals surface area contributed by atoms with E-state index in [4.69, 9.17) is 23.4 Å². The van der Waals surface area contributed by atoms with Gasteiger partial charge in [0.15, 0.2) is 23.4 Å². The summed E-state index contributed by atoms with van der Waals surface area (Å²) in [5.74, 6) is -3.58. The van der Waals surface area contributed by atoms with Crippen LogP contribution >= 0.6 is 0 Å². The van der Waals surface area contributed by atoms with E-state index in [1.54, 1.807) is 0 Å². The van der Waals surface area contributed by atoms with E-state index in [2.05, 4.69) is 0 Å². The van der Waals surface area contributed by atoms with Crippen LogP contribution in [0.25, 0.3) is 22.3 Å². The van der Waals surface area contributed by atoms with Gasteiger partial charge in [-0.3, -0.25) is 4.79 Å². The molecule has 3 aromatic rings. The second-order valence-corrected chi connectivity index (χ2v) is 10.2. The van der Waals surface area contributed by atoms with Crippen LogP contribution in [0, 0.1) is 0 Å². The van der Waals surface area contributed by atoms with Gasteiger partial charge < -0.3 is 74.4 Å². The van der Waals surface area contributed by atoms with E-state index in [9.17, 15) is 55.9 Å². The predicted octanol–water partition coefficient (Wildman–Crippen LogP) is -1.69. The van der Waals surface area contributed by atoms with Crippen molar-refractivity contribution in [2.75, 3.05) is 6.61 Å². The second-order valence-electron chi connectivity index (χ2n) is 10.2. The zero-order valence-electron chi connectivity index (χ0n) is 22.3. The summed E-state index contributed by atoms with van der Waals surface area (Å²) < 4.78 is 27.5. The maximum absolute atomic E-state index is 12.9. The van der Waals surface area contributed by atoms with Gasteiger partial charge in [0.1, 0.15) is 59.6 Å². The minimum atomic E-state index is -1.88. The van der Waals surface area contributed by atoms with E-state index in [1.807, 2.05) is 0 Å². The van der Waals surface area contributed by atoms with Gasteiger partial charge in [0.2, 0.25) is 23.2 Å². The second kappa shape index (κ2) is 11.8. The Balaban J connectivity index is 1.46. The molecule has 2 saturated heterocycles. The van der Waals surface area contributed by atoms with Crippen molar-refractivity contribution < 1.29 is 74.4 Å². The van der Waals surface area contributed by atoms with Crippen molar-refractivity contribution in [3.8, 4) is 40.1 Å². The lowest BCUT2D eigenvalue weighted by molar-refractivity contribution is -0.350. The molecule has 2 aliphatic heterocycles. The summed E-state index contributed by atoms with van der Waals surface area (Å²) >= 11 is 0. The third-order valence-corrected chi connectivity index (χ3v) is 7.35. The molecule has 0 aliphatic carbocycles. The highest BCUT2D eigenvalue weighted by atomic mass is 16.7. The largest absolute Gasteiger partial charge is 0.508 e. The molecular weight excluding hydrogens is 580 g/mol. The van der Waals surface area contributed by atoms with E-state index in [0.717, 1.165) is 6.07 Å². The fraction of sp³-hybridized carbons (Fsp3) is 0.444. The third kappa shape index (κ3) is 5.44. The van der Waals surface area contributed by atoms with Gasteiger partial charge in [-0.05, 0) is 31.2 Å². The summed E-state index contributed by atoms with van der Waals surface area (Å²) in [5, 5.41) is 102. The molecule has 0 unspecified atom stereocenters. The number of phenols is 3. The quantitative estimate of drug-likeness (QED) is 0.140. The van der Waals surface area contributed by atoms with E-state index in [1.165, 1.54) is 31.2 Å². The smallest absolute Gasteiger partial charge is 0.238 e. The molecule has 10 N–H and O–H groups in total. The van der Waals surface area contributed by atoms with Gasteiger partial charge in [-0.15, -0.1) is 0 Å². The molecular formula is C27H30O16. The molecule has 234 valence electrons. The summed E-state index contributed by atoms with van der Waals surface area (Å²) in [7, 11) is 0. The molecule has 0 radical (unpaired) electrons. The van der Waals surface area contributed by atoms with Crippen molar-refractivity contribution in [3.05, 3.63) is 40.6 Å². The topological polar surface area (TPSA) is 269 Å². The van der Waals surface area contributed by atoms with Gasteiger partial charge in [0.25, 0.3) is 0 Å². The standard InChI is InChI=1S/C27H30O16/c1-8-15(31)25(43-26-21(37)19(35)16(32)13(7-28)41-26)22(38)27(39-8)40-12-6-11(30)14-18(34)20(36)23(42-24(14)17(12)33)9-2-4-10(29)5-3-9/h2-6,8,13,15-16,19,21-22,25-33,35-38H,7H2,1H3/t8-,13+,15-,16+,19-,21+,22-,25+,26-,27-/m1/s1. The molecule has 2 aliphatic rings. The molecule has 16 nitrogen and oxygen atoms in total. The van der Waals surface area contributed by atoms with Crippen LogP contribution in [0.2, 0.25) is 0 Å². The number of benzene rings is 2. The third-order valence-electron chi connectivity index (χ3n) is 7.35. The highest BCUT2D eigenvalue weighted by Gasteiger charge is 2.50. The van der Waals surface area contributed by atoms with Crippen molar-refractivity contribution in [2.45, 2.75) is 68.3 Å². The minimum Gasteiger partial charge on any atom is -0.508 e. The Labute approximate surface area is 241 Å². The molecule has 1 aromatic heterocycles. The lowest BCUT2D eigenvalue weighted by Crippen LogP contribution is -2.64. The van der Waals surface area contributed by atoms with E-state index in [-0.39, 0.29) is 11.3 Å². The summed E-state index contributed by atoms with van der Waals surface area (Å²) in [6, 6.07) is 5.97. The lowest BCUT2D eigenvalue weighted by atomic mass is 9.97. The van der Waals surface area contributed by atoms with Crippen LogP contribution in [-0.4, -0.2) is 119 Å². The SMILES string of the molecule is C[C@H]1O[C@H](Oc2cc(O)c3c(=O)c(O)c(-c4ccc(O)cc4)oc3c2O)[C@H](O)[C@@H](O[C@H]2O[C@@H](CO)[C@H](O)[C@@H](O)[C@@H]2O)[C@@H]1O. The first-order valence-electron chi connectivity index (χ1n) is 13.0. The Hall–Kier alpha value is -3.71. The molecule has 3 heterocycles. The Morgan fingerprint density at radius 2 is 1.49 bits per heavy atom. The molecule has 0 saturated carbocycles. The predicted molar refractivity (Wildman–Crippen MR) is 140 cm³/mol. The maximum Gasteiger partial charge on any atom is 0.238 e. The first-order valence-corrected chi connectivity index (χ1v) is 13.0. The van der Waals surface area contributed by atoms with Crippen LogP contribution in [0.3, 0.4) is 0 Å². The number of fused-ring (bicyclic) bond motifs is 1.